The van der Waals surface area contributed by atoms with Crippen molar-refractivity contribution in [2.45, 2.75) is 0 Å². The van der Waals surface area contributed by atoms with E-state index in [1.807, 2.05) is 0 Å². The highest BCUT2D eigenvalue weighted by molar-refractivity contribution is 6.04. The van der Waals surface area contributed by atoms with E-state index in [-0.39, 0.29) is 11.3 Å². The molecule has 0 saturated carbocycles. The minimum Gasteiger partial charge on any atom is -0.505 e. The first kappa shape index (κ1) is 18.6. The highest BCUT2D eigenvalue weighted by Crippen LogP contribution is 2.22. The molecule has 0 spiro atoms. The number of carbonyl (C=O) groups is 2. The Morgan fingerprint density at radius 2 is 1.79 bits per heavy atom. The molecule has 3 aromatic rings. The van der Waals surface area contributed by atoms with E-state index in [0.29, 0.717) is 17.1 Å². The van der Waals surface area contributed by atoms with Crippen LogP contribution in [0.3, 0.4) is 0 Å². The molecule has 0 atom stereocenters. The average Bonchev–Trinajstić information content (AvgIpc) is 2.68. The van der Waals surface area contributed by atoms with E-state index < -0.39 is 23.2 Å². The van der Waals surface area contributed by atoms with Gasteiger partial charge in [-0.3, -0.25) is 9.59 Å². The molecule has 0 fully saturated rings. The Morgan fingerprint density at radius 3 is 2.43 bits per heavy atom. The largest absolute Gasteiger partial charge is 0.505 e. The van der Waals surface area contributed by atoms with Crippen LogP contribution in [0.5, 0.6) is 11.5 Å². The summed E-state index contributed by atoms with van der Waals surface area (Å²) >= 11 is 0. The molecule has 0 aliphatic heterocycles. The summed E-state index contributed by atoms with van der Waals surface area (Å²) in [6, 6.07) is 12.9. The Morgan fingerprint density at radius 1 is 1.11 bits per heavy atom. The van der Waals surface area contributed by atoms with Gasteiger partial charge < -0.3 is 20.3 Å². The second-order valence-corrected chi connectivity index (χ2v) is 5.64. The molecule has 0 unspecified atom stereocenters. The number of aromatic carboxylic acids is 1. The van der Waals surface area contributed by atoms with E-state index in [1.54, 1.807) is 24.3 Å². The number of benzene rings is 2. The number of nitrogens with one attached hydrogen (secondary N) is 1. The van der Waals surface area contributed by atoms with Crippen molar-refractivity contribution in [1.82, 2.24) is 9.78 Å². The maximum atomic E-state index is 12.5. The number of hydrogen-bond donors (Lipinski definition) is 3. The SMILES string of the molecule is COc1ccccc1-n1nc(C(=O)Nc2ccc(C(=O)O)cc2)c(O)cc1=O. The van der Waals surface area contributed by atoms with Crippen molar-refractivity contribution in [3.05, 3.63) is 76.2 Å². The number of carboxylic acid groups (broad SMARTS) is 1. The van der Waals surface area contributed by atoms with Gasteiger partial charge in [-0.05, 0) is 36.4 Å². The van der Waals surface area contributed by atoms with Crippen molar-refractivity contribution < 1.29 is 24.5 Å². The predicted octanol–water partition coefficient (Wildman–Crippen LogP) is 1.90. The summed E-state index contributed by atoms with van der Waals surface area (Å²) in [5, 5.41) is 25.4. The summed E-state index contributed by atoms with van der Waals surface area (Å²) in [6.07, 6.45) is 0. The number of ether oxygens (including phenoxy) is 1. The molecule has 9 heteroatoms. The highest BCUT2D eigenvalue weighted by atomic mass is 16.5. The fourth-order valence-corrected chi connectivity index (χ4v) is 2.47. The second kappa shape index (κ2) is 7.62. The zero-order valence-corrected chi connectivity index (χ0v) is 14.6. The summed E-state index contributed by atoms with van der Waals surface area (Å²) < 4.78 is 6.15. The van der Waals surface area contributed by atoms with Crippen molar-refractivity contribution in [2.75, 3.05) is 12.4 Å². The number of nitrogens with zero attached hydrogens (tertiary/aromatic N) is 2. The van der Waals surface area contributed by atoms with Crippen molar-refractivity contribution >= 4 is 17.6 Å². The van der Waals surface area contributed by atoms with Gasteiger partial charge in [0.2, 0.25) is 0 Å². The van der Waals surface area contributed by atoms with Gasteiger partial charge in [-0.25, -0.2) is 4.79 Å². The lowest BCUT2D eigenvalue weighted by atomic mass is 10.2. The number of methoxy groups -OCH3 is 1. The van der Waals surface area contributed by atoms with Crippen molar-refractivity contribution in [2.24, 2.45) is 0 Å². The molecule has 1 heterocycles. The molecule has 0 aliphatic rings. The van der Waals surface area contributed by atoms with Crippen molar-refractivity contribution in [3.8, 4) is 17.2 Å². The predicted molar refractivity (Wildman–Crippen MR) is 99.4 cm³/mol. The maximum absolute atomic E-state index is 12.5. The standard InChI is InChI=1S/C19H15N3O6/c1-28-15-5-3-2-4-13(15)22-16(24)10-14(23)17(21-22)18(25)20-12-8-6-11(7-9-12)19(26)27/h2-10,23H,1H3,(H,20,25)(H,26,27). The first-order valence-electron chi connectivity index (χ1n) is 8.02. The molecule has 3 rings (SSSR count). The van der Waals surface area contributed by atoms with Crippen LogP contribution in [0.25, 0.3) is 5.69 Å². The minimum atomic E-state index is -1.10. The lowest BCUT2D eigenvalue weighted by Gasteiger charge is -2.12. The van der Waals surface area contributed by atoms with E-state index in [0.717, 1.165) is 10.7 Å². The van der Waals surface area contributed by atoms with Gasteiger partial charge in [-0.2, -0.15) is 9.78 Å². The molecule has 0 saturated heterocycles. The van der Waals surface area contributed by atoms with Crippen LogP contribution >= 0.6 is 0 Å². The average molecular weight is 381 g/mol. The third kappa shape index (κ3) is 3.68. The van der Waals surface area contributed by atoms with Crippen molar-refractivity contribution in [1.29, 1.82) is 0 Å². The Bertz CT molecular complexity index is 1110. The van der Waals surface area contributed by atoms with Gasteiger partial charge >= 0.3 is 5.97 Å². The number of carbonyl (C=O) groups excluding carboxylic acids is 1. The van der Waals surface area contributed by atoms with Crippen LogP contribution < -0.4 is 15.6 Å². The highest BCUT2D eigenvalue weighted by Gasteiger charge is 2.18. The van der Waals surface area contributed by atoms with Gasteiger partial charge in [-0.1, -0.05) is 12.1 Å². The number of hydrogen-bond acceptors (Lipinski definition) is 6. The number of rotatable bonds is 5. The lowest BCUT2D eigenvalue weighted by molar-refractivity contribution is 0.0696. The molecule has 0 bridgehead atoms. The number of aromatic hydroxyl groups is 1. The molecule has 28 heavy (non-hydrogen) atoms. The van der Waals surface area contributed by atoms with Gasteiger partial charge in [0.1, 0.15) is 11.4 Å². The zero-order valence-electron chi connectivity index (χ0n) is 14.6. The third-order valence-electron chi connectivity index (χ3n) is 3.83. The van der Waals surface area contributed by atoms with Gasteiger partial charge in [-0.15, -0.1) is 0 Å². The molecule has 1 aromatic heterocycles. The van der Waals surface area contributed by atoms with Crippen LogP contribution in [0.15, 0.2) is 59.4 Å². The molecule has 142 valence electrons. The lowest BCUT2D eigenvalue weighted by Crippen LogP contribution is -2.25. The van der Waals surface area contributed by atoms with E-state index >= 15 is 0 Å². The van der Waals surface area contributed by atoms with Crippen LogP contribution in [0.4, 0.5) is 5.69 Å². The van der Waals surface area contributed by atoms with Crippen LogP contribution in [-0.2, 0) is 0 Å². The Kier molecular flexibility index (Phi) is 5.07. The monoisotopic (exact) mass is 381 g/mol. The second-order valence-electron chi connectivity index (χ2n) is 5.64. The molecule has 3 N–H and O–H groups in total. The number of amides is 1. The summed E-state index contributed by atoms with van der Waals surface area (Å²) in [5.74, 6) is -2.10. The number of para-hydroxylation sites is 2. The fraction of sp³-hybridized carbons (Fsp3) is 0.0526. The quantitative estimate of drug-likeness (QED) is 0.615. The van der Waals surface area contributed by atoms with Crippen LogP contribution in [-0.4, -0.2) is 39.0 Å². The summed E-state index contributed by atoms with van der Waals surface area (Å²) in [5.41, 5.74) is -0.373. The summed E-state index contributed by atoms with van der Waals surface area (Å²) in [4.78, 5) is 35.6. The summed E-state index contributed by atoms with van der Waals surface area (Å²) in [6.45, 7) is 0. The Labute approximate surface area is 158 Å². The van der Waals surface area contributed by atoms with Crippen molar-refractivity contribution in [3.63, 3.8) is 0 Å². The Hall–Kier alpha value is -4.14. The van der Waals surface area contributed by atoms with E-state index in [2.05, 4.69) is 10.4 Å². The zero-order chi connectivity index (χ0) is 20.3. The smallest absolute Gasteiger partial charge is 0.335 e. The topological polar surface area (TPSA) is 131 Å². The molecule has 0 aliphatic carbocycles. The van der Waals surface area contributed by atoms with Gasteiger partial charge in [0.05, 0.1) is 12.7 Å². The molecule has 1 amide bonds. The molecular formula is C19H15N3O6. The third-order valence-corrected chi connectivity index (χ3v) is 3.83. The number of aromatic nitrogens is 2. The molecule has 0 radical (unpaired) electrons. The fourth-order valence-electron chi connectivity index (χ4n) is 2.47. The number of anilines is 1. The van der Waals surface area contributed by atoms with E-state index in [9.17, 15) is 19.5 Å². The summed E-state index contributed by atoms with van der Waals surface area (Å²) in [7, 11) is 1.43. The molecule has 2 aromatic carbocycles. The van der Waals surface area contributed by atoms with Gasteiger partial charge in [0, 0.05) is 11.8 Å². The van der Waals surface area contributed by atoms with Gasteiger partial charge in [0.25, 0.3) is 11.5 Å². The minimum absolute atomic E-state index is 0.0590. The molecule has 9 nitrogen and oxygen atoms in total. The van der Waals surface area contributed by atoms with Crippen LogP contribution in [0, 0.1) is 0 Å². The van der Waals surface area contributed by atoms with Crippen LogP contribution in [0.2, 0.25) is 0 Å². The van der Waals surface area contributed by atoms with Gasteiger partial charge in [0.15, 0.2) is 11.4 Å². The van der Waals surface area contributed by atoms with E-state index in [4.69, 9.17) is 9.84 Å². The Balaban J connectivity index is 1.96. The van der Waals surface area contributed by atoms with E-state index in [1.165, 1.54) is 31.4 Å². The first-order chi connectivity index (χ1) is 13.4. The molecular weight excluding hydrogens is 366 g/mol. The normalized spacial score (nSPS) is 10.3. The number of carboxylic acids is 1. The maximum Gasteiger partial charge on any atom is 0.335 e. The van der Waals surface area contributed by atoms with Crippen LogP contribution in [0.1, 0.15) is 20.8 Å². The first-order valence-corrected chi connectivity index (χ1v) is 8.02.